The van der Waals surface area contributed by atoms with Crippen molar-refractivity contribution in [3.63, 3.8) is 0 Å². The molecule has 1 heterocycles. The van der Waals surface area contributed by atoms with Gasteiger partial charge in [-0.1, -0.05) is 27.2 Å². The standard InChI is InChI=1S/C6H9NO.C5H12/c1-5-2-3-6(4-7)8-5;1-4-5(2)3/h2-3H,4,7H2,1H3;5H,4H2,1-3H3. The topological polar surface area (TPSA) is 39.2 Å². The van der Waals surface area contributed by atoms with E-state index < -0.39 is 0 Å². The van der Waals surface area contributed by atoms with Crippen molar-refractivity contribution in [2.24, 2.45) is 11.7 Å². The molecule has 2 N–H and O–H groups in total. The molecule has 0 bridgehead atoms. The number of nitrogens with two attached hydrogens (primary N) is 1. The fourth-order valence-corrected chi connectivity index (χ4v) is 0.595. The smallest absolute Gasteiger partial charge is 0.117 e. The van der Waals surface area contributed by atoms with Gasteiger partial charge in [-0.3, -0.25) is 0 Å². The van der Waals surface area contributed by atoms with Crippen molar-refractivity contribution in [3.05, 3.63) is 23.7 Å². The molecule has 1 aromatic heterocycles. The van der Waals surface area contributed by atoms with Gasteiger partial charge in [-0.05, 0) is 25.0 Å². The van der Waals surface area contributed by atoms with Gasteiger partial charge in [0.1, 0.15) is 11.5 Å². The summed E-state index contributed by atoms with van der Waals surface area (Å²) in [4.78, 5) is 0. The minimum atomic E-state index is 0.494. The first-order valence-electron chi connectivity index (χ1n) is 4.85. The Labute approximate surface area is 81.1 Å². The summed E-state index contributed by atoms with van der Waals surface area (Å²) < 4.78 is 5.11. The fraction of sp³-hybridized carbons (Fsp3) is 0.636. The predicted molar refractivity (Wildman–Crippen MR) is 56.5 cm³/mol. The van der Waals surface area contributed by atoms with Gasteiger partial charge in [-0.2, -0.15) is 0 Å². The Morgan fingerprint density at radius 2 is 1.92 bits per heavy atom. The van der Waals surface area contributed by atoms with Gasteiger partial charge in [0, 0.05) is 0 Å². The second-order valence-corrected chi connectivity index (χ2v) is 3.52. The van der Waals surface area contributed by atoms with Crippen LogP contribution in [0, 0.1) is 12.8 Å². The van der Waals surface area contributed by atoms with E-state index in [1.54, 1.807) is 0 Å². The maximum absolute atomic E-state index is 5.27. The van der Waals surface area contributed by atoms with Crippen LogP contribution in [-0.2, 0) is 6.54 Å². The minimum Gasteiger partial charge on any atom is -0.465 e. The Morgan fingerprint density at radius 3 is 2.08 bits per heavy atom. The highest BCUT2D eigenvalue weighted by molar-refractivity contribution is 5.04. The predicted octanol–water partition coefficient (Wildman–Crippen LogP) is 3.10. The molecule has 1 rings (SSSR count). The lowest BCUT2D eigenvalue weighted by atomic mass is 10.2. The molecule has 0 atom stereocenters. The first kappa shape index (κ1) is 12.2. The highest BCUT2D eigenvalue weighted by atomic mass is 16.3. The molecule has 0 aliphatic rings. The van der Waals surface area contributed by atoms with Gasteiger partial charge in [-0.15, -0.1) is 0 Å². The zero-order valence-electron chi connectivity index (χ0n) is 9.13. The molecule has 0 aromatic carbocycles. The van der Waals surface area contributed by atoms with Crippen LogP contribution in [-0.4, -0.2) is 0 Å². The van der Waals surface area contributed by atoms with Crippen LogP contribution in [0.1, 0.15) is 38.7 Å². The Kier molecular flexibility index (Phi) is 6.33. The molecule has 0 saturated carbocycles. The van der Waals surface area contributed by atoms with Gasteiger partial charge in [0.15, 0.2) is 0 Å². The molecular weight excluding hydrogens is 162 g/mol. The van der Waals surface area contributed by atoms with Gasteiger partial charge in [0.2, 0.25) is 0 Å². The van der Waals surface area contributed by atoms with E-state index >= 15 is 0 Å². The summed E-state index contributed by atoms with van der Waals surface area (Å²) in [7, 11) is 0. The average Bonchev–Trinajstić information content (AvgIpc) is 2.52. The van der Waals surface area contributed by atoms with Gasteiger partial charge in [0.05, 0.1) is 6.54 Å². The molecule has 0 amide bonds. The normalized spacial score (nSPS) is 9.69. The molecular formula is C11H21NO. The van der Waals surface area contributed by atoms with Crippen molar-refractivity contribution in [3.8, 4) is 0 Å². The highest BCUT2D eigenvalue weighted by Gasteiger charge is 1.91. The molecule has 1 aromatic rings. The van der Waals surface area contributed by atoms with Crippen LogP contribution in [0.3, 0.4) is 0 Å². The quantitative estimate of drug-likeness (QED) is 0.765. The summed E-state index contributed by atoms with van der Waals surface area (Å²) >= 11 is 0. The molecule has 0 spiro atoms. The largest absolute Gasteiger partial charge is 0.465 e. The van der Waals surface area contributed by atoms with E-state index in [4.69, 9.17) is 10.2 Å². The summed E-state index contributed by atoms with van der Waals surface area (Å²) in [6.07, 6.45) is 1.31. The van der Waals surface area contributed by atoms with Crippen LogP contribution in [0.15, 0.2) is 16.5 Å². The minimum absolute atomic E-state index is 0.494. The number of furan rings is 1. The Morgan fingerprint density at radius 1 is 1.38 bits per heavy atom. The lowest BCUT2D eigenvalue weighted by Crippen LogP contribution is -1.92. The Bertz CT molecular complexity index is 216. The van der Waals surface area contributed by atoms with E-state index in [0.29, 0.717) is 6.54 Å². The van der Waals surface area contributed by atoms with Crippen molar-refractivity contribution in [1.82, 2.24) is 0 Å². The maximum atomic E-state index is 5.27. The second kappa shape index (κ2) is 6.72. The third-order valence-electron chi connectivity index (χ3n) is 1.81. The van der Waals surface area contributed by atoms with Crippen molar-refractivity contribution in [2.45, 2.75) is 40.7 Å². The molecule has 76 valence electrons. The lowest BCUT2D eigenvalue weighted by Gasteiger charge is -1.90. The molecule has 0 fully saturated rings. The van der Waals surface area contributed by atoms with Gasteiger partial charge < -0.3 is 10.2 Å². The zero-order valence-corrected chi connectivity index (χ0v) is 9.13. The molecule has 2 nitrogen and oxygen atoms in total. The van der Waals surface area contributed by atoms with Crippen molar-refractivity contribution < 1.29 is 4.42 Å². The van der Waals surface area contributed by atoms with Gasteiger partial charge in [0.25, 0.3) is 0 Å². The van der Waals surface area contributed by atoms with Gasteiger partial charge >= 0.3 is 0 Å². The summed E-state index contributed by atoms with van der Waals surface area (Å²) in [5, 5.41) is 0. The van der Waals surface area contributed by atoms with Crippen molar-refractivity contribution in [1.29, 1.82) is 0 Å². The van der Waals surface area contributed by atoms with Crippen molar-refractivity contribution in [2.75, 3.05) is 0 Å². The van der Waals surface area contributed by atoms with Crippen LogP contribution < -0.4 is 5.73 Å². The van der Waals surface area contributed by atoms with E-state index in [9.17, 15) is 0 Å². The van der Waals surface area contributed by atoms with Crippen LogP contribution in [0.4, 0.5) is 0 Å². The van der Waals surface area contributed by atoms with Gasteiger partial charge in [-0.25, -0.2) is 0 Å². The van der Waals surface area contributed by atoms with E-state index in [1.165, 1.54) is 6.42 Å². The zero-order chi connectivity index (χ0) is 10.3. The molecule has 0 unspecified atom stereocenters. The summed E-state index contributed by atoms with van der Waals surface area (Å²) in [5.74, 6) is 2.66. The molecule has 2 heteroatoms. The Balaban J connectivity index is 0.000000252. The van der Waals surface area contributed by atoms with E-state index in [-0.39, 0.29) is 0 Å². The molecule has 13 heavy (non-hydrogen) atoms. The van der Waals surface area contributed by atoms with E-state index in [0.717, 1.165) is 17.4 Å². The lowest BCUT2D eigenvalue weighted by molar-refractivity contribution is 0.485. The number of hydrogen-bond donors (Lipinski definition) is 1. The third-order valence-corrected chi connectivity index (χ3v) is 1.81. The first-order valence-corrected chi connectivity index (χ1v) is 4.85. The van der Waals surface area contributed by atoms with Crippen LogP contribution in [0.5, 0.6) is 0 Å². The van der Waals surface area contributed by atoms with Crippen LogP contribution >= 0.6 is 0 Å². The summed E-state index contributed by atoms with van der Waals surface area (Å²) in [6, 6.07) is 3.79. The van der Waals surface area contributed by atoms with Crippen molar-refractivity contribution >= 4 is 0 Å². The number of rotatable bonds is 2. The fourth-order valence-electron chi connectivity index (χ4n) is 0.595. The molecule has 0 aliphatic carbocycles. The molecule has 0 saturated heterocycles. The Hall–Kier alpha value is -0.760. The van der Waals surface area contributed by atoms with E-state index in [1.807, 2.05) is 19.1 Å². The summed E-state index contributed by atoms with van der Waals surface area (Å²) in [5.41, 5.74) is 5.27. The third kappa shape index (κ3) is 6.41. The highest BCUT2D eigenvalue weighted by Crippen LogP contribution is 2.03. The van der Waals surface area contributed by atoms with Crippen LogP contribution in [0.25, 0.3) is 0 Å². The molecule has 0 aliphatic heterocycles. The monoisotopic (exact) mass is 183 g/mol. The molecule has 0 radical (unpaired) electrons. The average molecular weight is 183 g/mol. The first-order chi connectivity index (χ1) is 6.10. The number of hydrogen-bond acceptors (Lipinski definition) is 2. The number of aryl methyl sites for hydroxylation is 1. The van der Waals surface area contributed by atoms with E-state index in [2.05, 4.69) is 20.8 Å². The van der Waals surface area contributed by atoms with Crippen LogP contribution in [0.2, 0.25) is 0 Å². The maximum Gasteiger partial charge on any atom is 0.117 e. The second-order valence-electron chi connectivity index (χ2n) is 3.52. The SMILES string of the molecule is CCC(C)C.Cc1ccc(CN)o1. The summed E-state index contributed by atoms with van der Waals surface area (Å²) in [6.45, 7) is 9.04.